The standard InChI is InChI=1S/C14H13IN2O2/c1-10-7-12(15)8-16-13(10)17-14(18)19-9-11-5-3-2-4-6-11/h2-8H,9H2,1H3,(H,16,17,18). The molecule has 0 radical (unpaired) electrons. The number of ether oxygens (including phenoxy) is 1. The molecule has 0 atom stereocenters. The molecule has 1 N–H and O–H groups in total. The van der Waals surface area contributed by atoms with Gasteiger partial charge in [0.2, 0.25) is 0 Å². The first-order valence-corrected chi connectivity index (χ1v) is 6.83. The summed E-state index contributed by atoms with van der Waals surface area (Å²) >= 11 is 2.17. The first-order chi connectivity index (χ1) is 9.15. The van der Waals surface area contributed by atoms with Crippen LogP contribution in [0, 0.1) is 10.5 Å². The maximum atomic E-state index is 11.6. The van der Waals surface area contributed by atoms with Crippen LogP contribution in [-0.4, -0.2) is 11.1 Å². The number of hydrogen-bond donors (Lipinski definition) is 1. The maximum absolute atomic E-state index is 11.6. The van der Waals surface area contributed by atoms with Crippen LogP contribution in [0.15, 0.2) is 42.6 Å². The first kappa shape index (κ1) is 13.8. The lowest BCUT2D eigenvalue weighted by Crippen LogP contribution is -2.15. The number of nitrogens with one attached hydrogen (secondary N) is 1. The van der Waals surface area contributed by atoms with Gasteiger partial charge in [0.15, 0.2) is 0 Å². The number of anilines is 1. The normalized spacial score (nSPS) is 10.0. The van der Waals surface area contributed by atoms with Crippen LogP contribution in [0.2, 0.25) is 0 Å². The number of carbonyl (C=O) groups excluding carboxylic acids is 1. The fourth-order valence-corrected chi connectivity index (χ4v) is 2.13. The minimum atomic E-state index is -0.499. The lowest BCUT2D eigenvalue weighted by Gasteiger charge is -2.08. The van der Waals surface area contributed by atoms with E-state index in [0.29, 0.717) is 5.82 Å². The van der Waals surface area contributed by atoms with Crippen molar-refractivity contribution in [1.29, 1.82) is 0 Å². The average molecular weight is 368 g/mol. The van der Waals surface area contributed by atoms with Gasteiger partial charge in [-0.3, -0.25) is 5.32 Å². The summed E-state index contributed by atoms with van der Waals surface area (Å²) in [6.07, 6.45) is 1.20. The third-order valence-corrected chi connectivity index (χ3v) is 3.07. The summed E-state index contributed by atoms with van der Waals surface area (Å²) in [6, 6.07) is 11.5. The molecule has 0 saturated heterocycles. The molecule has 2 rings (SSSR count). The van der Waals surface area contributed by atoms with E-state index in [-0.39, 0.29) is 6.61 Å². The highest BCUT2D eigenvalue weighted by Crippen LogP contribution is 2.14. The van der Waals surface area contributed by atoms with Crippen molar-refractivity contribution in [2.45, 2.75) is 13.5 Å². The molecule has 19 heavy (non-hydrogen) atoms. The van der Waals surface area contributed by atoms with Crippen molar-refractivity contribution in [2.24, 2.45) is 0 Å². The number of pyridine rings is 1. The van der Waals surface area contributed by atoms with Crippen molar-refractivity contribution in [2.75, 3.05) is 5.32 Å². The monoisotopic (exact) mass is 368 g/mol. The molecule has 1 aromatic carbocycles. The van der Waals surface area contributed by atoms with Crippen molar-refractivity contribution in [3.63, 3.8) is 0 Å². The summed E-state index contributed by atoms with van der Waals surface area (Å²) in [5.41, 5.74) is 1.86. The molecular weight excluding hydrogens is 355 g/mol. The third-order valence-electron chi connectivity index (χ3n) is 2.48. The SMILES string of the molecule is Cc1cc(I)cnc1NC(=O)OCc1ccccc1. The molecule has 0 fully saturated rings. The number of aryl methyl sites for hydroxylation is 1. The summed E-state index contributed by atoms with van der Waals surface area (Å²) in [5.74, 6) is 0.526. The van der Waals surface area contributed by atoms with E-state index in [1.807, 2.05) is 43.3 Å². The molecule has 0 aliphatic heterocycles. The summed E-state index contributed by atoms with van der Waals surface area (Å²) in [4.78, 5) is 15.8. The van der Waals surface area contributed by atoms with Gasteiger partial charge in [0.1, 0.15) is 12.4 Å². The second-order valence-corrected chi connectivity index (χ2v) is 5.25. The van der Waals surface area contributed by atoms with Crippen molar-refractivity contribution in [3.05, 3.63) is 57.3 Å². The molecule has 0 spiro atoms. The van der Waals surface area contributed by atoms with Crippen LogP contribution in [0.5, 0.6) is 0 Å². The fourth-order valence-electron chi connectivity index (χ4n) is 1.53. The Morgan fingerprint density at radius 1 is 1.37 bits per heavy atom. The first-order valence-electron chi connectivity index (χ1n) is 5.75. The number of amides is 1. The van der Waals surface area contributed by atoms with Gasteiger partial charge in [-0.25, -0.2) is 9.78 Å². The number of carbonyl (C=O) groups is 1. The smallest absolute Gasteiger partial charge is 0.413 e. The highest BCUT2D eigenvalue weighted by atomic mass is 127. The molecule has 0 saturated carbocycles. The molecule has 5 heteroatoms. The second-order valence-electron chi connectivity index (χ2n) is 4.01. The summed E-state index contributed by atoms with van der Waals surface area (Å²) < 4.78 is 6.15. The Hall–Kier alpha value is -1.63. The van der Waals surface area contributed by atoms with Crippen molar-refractivity contribution in [3.8, 4) is 0 Å². The molecule has 0 aliphatic rings. The van der Waals surface area contributed by atoms with Crippen LogP contribution in [0.4, 0.5) is 10.6 Å². The third kappa shape index (κ3) is 4.20. The van der Waals surface area contributed by atoms with Gasteiger partial charge in [0.05, 0.1) is 0 Å². The van der Waals surface area contributed by atoms with Gasteiger partial charge < -0.3 is 4.74 Å². The van der Waals surface area contributed by atoms with Crippen LogP contribution >= 0.6 is 22.6 Å². The van der Waals surface area contributed by atoms with E-state index in [9.17, 15) is 4.79 Å². The molecule has 4 nitrogen and oxygen atoms in total. The number of halogens is 1. The second kappa shape index (κ2) is 6.51. The predicted molar refractivity (Wildman–Crippen MR) is 81.9 cm³/mol. The van der Waals surface area contributed by atoms with Gasteiger partial charge in [0, 0.05) is 9.77 Å². The highest BCUT2D eigenvalue weighted by Gasteiger charge is 2.07. The molecular formula is C14H13IN2O2. The average Bonchev–Trinajstić information content (AvgIpc) is 2.41. The summed E-state index contributed by atoms with van der Waals surface area (Å²) in [6.45, 7) is 2.14. The van der Waals surface area contributed by atoms with Crippen LogP contribution in [0.3, 0.4) is 0 Å². The molecule has 2 aromatic rings. The topological polar surface area (TPSA) is 51.2 Å². The Morgan fingerprint density at radius 3 is 2.79 bits per heavy atom. The van der Waals surface area contributed by atoms with Crippen LogP contribution in [0.1, 0.15) is 11.1 Å². The van der Waals surface area contributed by atoms with E-state index >= 15 is 0 Å². The zero-order valence-electron chi connectivity index (χ0n) is 10.4. The zero-order valence-corrected chi connectivity index (χ0v) is 12.5. The Kier molecular flexibility index (Phi) is 4.73. The minimum Gasteiger partial charge on any atom is -0.444 e. The summed E-state index contributed by atoms with van der Waals surface area (Å²) in [5, 5.41) is 2.63. The van der Waals surface area contributed by atoms with Gasteiger partial charge in [-0.2, -0.15) is 0 Å². The lowest BCUT2D eigenvalue weighted by atomic mass is 10.2. The molecule has 0 aliphatic carbocycles. The molecule has 0 bridgehead atoms. The van der Waals surface area contributed by atoms with E-state index < -0.39 is 6.09 Å². The van der Waals surface area contributed by atoms with Crippen molar-refractivity contribution in [1.82, 2.24) is 4.98 Å². The van der Waals surface area contributed by atoms with Gasteiger partial charge in [-0.05, 0) is 46.7 Å². The van der Waals surface area contributed by atoms with Crippen LogP contribution < -0.4 is 5.32 Å². The zero-order chi connectivity index (χ0) is 13.7. The van der Waals surface area contributed by atoms with Gasteiger partial charge in [-0.15, -0.1) is 0 Å². The van der Waals surface area contributed by atoms with Crippen LogP contribution in [0.25, 0.3) is 0 Å². The Balaban J connectivity index is 1.91. The van der Waals surface area contributed by atoms with E-state index in [1.165, 1.54) is 0 Å². The van der Waals surface area contributed by atoms with Crippen LogP contribution in [-0.2, 0) is 11.3 Å². The molecule has 1 aromatic heterocycles. The Bertz CT molecular complexity index is 573. The van der Waals surface area contributed by atoms with Gasteiger partial charge in [-0.1, -0.05) is 30.3 Å². The number of nitrogens with zero attached hydrogens (tertiary/aromatic N) is 1. The number of hydrogen-bond acceptors (Lipinski definition) is 3. The molecule has 98 valence electrons. The largest absolute Gasteiger partial charge is 0.444 e. The number of benzene rings is 1. The molecule has 1 heterocycles. The Labute approximate surface area is 125 Å². The molecule has 0 unspecified atom stereocenters. The quantitative estimate of drug-likeness (QED) is 0.840. The highest BCUT2D eigenvalue weighted by molar-refractivity contribution is 14.1. The van der Waals surface area contributed by atoms with Gasteiger partial charge in [0.25, 0.3) is 0 Å². The lowest BCUT2D eigenvalue weighted by molar-refractivity contribution is 0.155. The van der Waals surface area contributed by atoms with E-state index in [2.05, 4.69) is 32.9 Å². The van der Waals surface area contributed by atoms with Gasteiger partial charge >= 0.3 is 6.09 Å². The van der Waals surface area contributed by atoms with E-state index in [1.54, 1.807) is 6.20 Å². The number of rotatable bonds is 3. The number of aromatic nitrogens is 1. The van der Waals surface area contributed by atoms with E-state index in [4.69, 9.17) is 4.74 Å². The van der Waals surface area contributed by atoms with Crippen molar-refractivity contribution >= 4 is 34.5 Å². The Morgan fingerprint density at radius 2 is 2.11 bits per heavy atom. The van der Waals surface area contributed by atoms with Crippen molar-refractivity contribution < 1.29 is 9.53 Å². The predicted octanol–water partition coefficient (Wildman–Crippen LogP) is 3.74. The van der Waals surface area contributed by atoms with E-state index in [0.717, 1.165) is 14.7 Å². The maximum Gasteiger partial charge on any atom is 0.413 e. The molecule has 1 amide bonds. The fraction of sp³-hybridized carbons (Fsp3) is 0.143. The summed E-state index contributed by atoms with van der Waals surface area (Å²) in [7, 11) is 0. The minimum absolute atomic E-state index is 0.246.